The van der Waals surface area contributed by atoms with Gasteiger partial charge in [0.2, 0.25) is 5.91 Å². The average Bonchev–Trinajstić information content (AvgIpc) is 2.95. The van der Waals surface area contributed by atoms with Crippen molar-refractivity contribution in [1.29, 1.82) is 0 Å². The van der Waals surface area contributed by atoms with Gasteiger partial charge in [0.05, 0.1) is 28.1 Å². The van der Waals surface area contributed by atoms with E-state index in [1.54, 1.807) is 18.2 Å². The first-order valence-corrected chi connectivity index (χ1v) is 10.2. The minimum absolute atomic E-state index is 0.0776. The van der Waals surface area contributed by atoms with Crippen LogP contribution in [0.3, 0.4) is 0 Å². The summed E-state index contributed by atoms with van der Waals surface area (Å²) >= 11 is 6.27. The fraction of sp³-hybridized carbons (Fsp3) is 0.278. The zero-order valence-electron chi connectivity index (χ0n) is 13.5. The molecule has 1 amide bonds. The van der Waals surface area contributed by atoms with Gasteiger partial charge < -0.3 is 10.6 Å². The van der Waals surface area contributed by atoms with Gasteiger partial charge in [0, 0.05) is 12.2 Å². The molecule has 0 saturated carbocycles. The van der Waals surface area contributed by atoms with E-state index in [2.05, 4.69) is 10.6 Å². The number of anilines is 2. The van der Waals surface area contributed by atoms with E-state index in [1.807, 2.05) is 30.3 Å². The van der Waals surface area contributed by atoms with Gasteiger partial charge in [-0.3, -0.25) is 4.79 Å². The maximum atomic E-state index is 12.2. The number of hydrogen-bond acceptors (Lipinski definition) is 4. The van der Waals surface area contributed by atoms with Crippen molar-refractivity contribution in [3.05, 3.63) is 59.1 Å². The van der Waals surface area contributed by atoms with E-state index in [0.29, 0.717) is 23.7 Å². The first kappa shape index (κ1) is 17.8. The largest absolute Gasteiger partial charge is 0.380 e. The van der Waals surface area contributed by atoms with Crippen molar-refractivity contribution in [1.82, 2.24) is 0 Å². The third-order valence-corrected chi connectivity index (χ3v) is 6.25. The van der Waals surface area contributed by atoms with Crippen LogP contribution in [-0.2, 0) is 21.2 Å². The fourth-order valence-electron chi connectivity index (χ4n) is 2.78. The molecule has 2 N–H and O–H groups in total. The lowest BCUT2D eigenvalue weighted by Gasteiger charge is -2.12. The van der Waals surface area contributed by atoms with Crippen LogP contribution in [0, 0.1) is 5.92 Å². The molecule has 2 aromatic carbocycles. The minimum atomic E-state index is -3.08. The van der Waals surface area contributed by atoms with E-state index in [0.717, 1.165) is 11.3 Å². The highest BCUT2D eigenvalue weighted by atomic mass is 35.5. The molecule has 1 aliphatic heterocycles. The van der Waals surface area contributed by atoms with Gasteiger partial charge in [-0.2, -0.15) is 0 Å². The van der Waals surface area contributed by atoms with Gasteiger partial charge in [0.15, 0.2) is 9.84 Å². The molecule has 0 bridgehead atoms. The molecule has 2 aromatic rings. The first-order valence-electron chi connectivity index (χ1n) is 8.01. The molecule has 0 radical (unpaired) electrons. The quantitative estimate of drug-likeness (QED) is 0.836. The van der Waals surface area contributed by atoms with Gasteiger partial charge in [-0.05, 0) is 30.2 Å². The molecule has 132 valence electrons. The summed E-state index contributed by atoms with van der Waals surface area (Å²) < 4.78 is 23.0. The Morgan fingerprint density at radius 2 is 1.92 bits per heavy atom. The average molecular weight is 379 g/mol. The van der Waals surface area contributed by atoms with E-state index in [4.69, 9.17) is 11.6 Å². The molecular formula is C18H19ClN2O3S. The van der Waals surface area contributed by atoms with Crippen molar-refractivity contribution in [2.24, 2.45) is 5.92 Å². The molecule has 25 heavy (non-hydrogen) atoms. The van der Waals surface area contributed by atoms with Crippen LogP contribution < -0.4 is 10.6 Å². The SMILES string of the molecule is O=C(Nc1ccc(NCc2ccccc2)c(Cl)c1)C1CCS(=O)(=O)C1. The number of rotatable bonds is 5. The molecule has 5 nitrogen and oxygen atoms in total. The van der Waals surface area contributed by atoms with Crippen molar-refractivity contribution in [3.63, 3.8) is 0 Å². The lowest BCUT2D eigenvalue weighted by atomic mass is 10.1. The number of halogens is 1. The number of hydrogen-bond donors (Lipinski definition) is 2. The van der Waals surface area contributed by atoms with Gasteiger partial charge in [-0.25, -0.2) is 8.42 Å². The molecule has 1 unspecified atom stereocenters. The Labute approximate surface area is 152 Å². The summed E-state index contributed by atoms with van der Waals surface area (Å²) in [6.07, 6.45) is 0.374. The van der Waals surface area contributed by atoms with Crippen LogP contribution >= 0.6 is 11.6 Å². The maximum absolute atomic E-state index is 12.2. The highest BCUT2D eigenvalue weighted by Gasteiger charge is 2.32. The number of benzene rings is 2. The smallest absolute Gasteiger partial charge is 0.228 e. The van der Waals surface area contributed by atoms with Crippen LogP contribution in [0.2, 0.25) is 5.02 Å². The topological polar surface area (TPSA) is 75.3 Å². The highest BCUT2D eigenvalue weighted by Crippen LogP contribution is 2.27. The molecular weight excluding hydrogens is 360 g/mol. The number of carbonyl (C=O) groups excluding carboxylic acids is 1. The second-order valence-electron chi connectivity index (χ2n) is 6.12. The maximum Gasteiger partial charge on any atom is 0.228 e. The summed E-state index contributed by atoms with van der Waals surface area (Å²) in [7, 11) is -3.08. The number of sulfone groups is 1. The summed E-state index contributed by atoms with van der Waals surface area (Å²) in [5.74, 6) is -0.765. The number of amides is 1. The second kappa shape index (κ2) is 7.45. The summed E-state index contributed by atoms with van der Waals surface area (Å²) in [4.78, 5) is 12.2. The zero-order valence-corrected chi connectivity index (χ0v) is 15.1. The Balaban J connectivity index is 1.61. The van der Waals surface area contributed by atoms with Crippen LogP contribution in [0.4, 0.5) is 11.4 Å². The summed E-state index contributed by atoms with van der Waals surface area (Å²) in [5.41, 5.74) is 2.47. The molecule has 1 aliphatic rings. The van der Waals surface area contributed by atoms with Gasteiger partial charge in [0.1, 0.15) is 0 Å². The summed E-state index contributed by atoms with van der Waals surface area (Å²) in [5, 5.41) is 6.49. The Kier molecular flexibility index (Phi) is 5.30. The van der Waals surface area contributed by atoms with E-state index < -0.39 is 15.8 Å². The van der Waals surface area contributed by atoms with Crippen molar-refractivity contribution in [2.75, 3.05) is 22.1 Å². The fourth-order valence-corrected chi connectivity index (χ4v) is 4.76. The van der Waals surface area contributed by atoms with Crippen molar-refractivity contribution in [3.8, 4) is 0 Å². The normalized spacial score (nSPS) is 18.7. The van der Waals surface area contributed by atoms with Gasteiger partial charge >= 0.3 is 0 Å². The monoisotopic (exact) mass is 378 g/mol. The summed E-state index contributed by atoms with van der Waals surface area (Å²) in [6.45, 7) is 0.645. The van der Waals surface area contributed by atoms with E-state index in [-0.39, 0.29) is 17.4 Å². The predicted octanol–water partition coefficient (Wildman–Crippen LogP) is 3.33. The van der Waals surface area contributed by atoms with Gasteiger partial charge in [0.25, 0.3) is 0 Å². The van der Waals surface area contributed by atoms with Gasteiger partial charge in [-0.15, -0.1) is 0 Å². The molecule has 7 heteroatoms. The Morgan fingerprint density at radius 1 is 1.16 bits per heavy atom. The molecule has 0 aromatic heterocycles. The molecule has 3 rings (SSSR count). The van der Waals surface area contributed by atoms with Crippen LogP contribution in [0.25, 0.3) is 0 Å². The third kappa shape index (κ3) is 4.74. The van der Waals surface area contributed by atoms with Crippen molar-refractivity contribution < 1.29 is 13.2 Å². The number of carbonyl (C=O) groups is 1. The third-order valence-electron chi connectivity index (χ3n) is 4.17. The molecule has 1 atom stereocenters. The number of nitrogens with one attached hydrogen (secondary N) is 2. The summed E-state index contributed by atoms with van der Waals surface area (Å²) in [6, 6.07) is 15.2. The lowest BCUT2D eigenvalue weighted by Crippen LogP contribution is -2.23. The molecule has 1 fully saturated rings. The molecule has 1 heterocycles. The molecule has 0 spiro atoms. The Hall–Kier alpha value is -2.05. The Morgan fingerprint density at radius 3 is 2.56 bits per heavy atom. The van der Waals surface area contributed by atoms with Crippen molar-refractivity contribution in [2.45, 2.75) is 13.0 Å². The second-order valence-corrected chi connectivity index (χ2v) is 8.76. The standard InChI is InChI=1S/C18H19ClN2O3S/c19-16-10-15(21-18(22)14-8-9-25(23,24)12-14)6-7-17(16)20-11-13-4-2-1-3-5-13/h1-7,10,14,20H,8-9,11-12H2,(H,21,22). The molecule has 0 aliphatic carbocycles. The lowest BCUT2D eigenvalue weighted by molar-refractivity contribution is -0.119. The zero-order chi connectivity index (χ0) is 17.9. The van der Waals surface area contributed by atoms with Crippen LogP contribution in [0.1, 0.15) is 12.0 Å². The van der Waals surface area contributed by atoms with E-state index in [9.17, 15) is 13.2 Å². The van der Waals surface area contributed by atoms with Gasteiger partial charge in [-0.1, -0.05) is 41.9 Å². The van der Waals surface area contributed by atoms with Crippen molar-refractivity contribution >= 4 is 38.7 Å². The molecule has 1 saturated heterocycles. The van der Waals surface area contributed by atoms with Crippen LogP contribution in [0.15, 0.2) is 48.5 Å². The predicted molar refractivity (Wildman–Crippen MR) is 101 cm³/mol. The minimum Gasteiger partial charge on any atom is -0.380 e. The van der Waals surface area contributed by atoms with Crippen LogP contribution in [-0.4, -0.2) is 25.8 Å². The first-order chi connectivity index (χ1) is 11.9. The highest BCUT2D eigenvalue weighted by molar-refractivity contribution is 7.91. The Bertz CT molecular complexity index is 869. The van der Waals surface area contributed by atoms with E-state index >= 15 is 0 Å². The van der Waals surface area contributed by atoms with Crippen LogP contribution in [0.5, 0.6) is 0 Å². The van der Waals surface area contributed by atoms with E-state index in [1.165, 1.54) is 0 Å².